The van der Waals surface area contributed by atoms with Gasteiger partial charge in [0, 0.05) is 38.0 Å². The zero-order valence-electron chi connectivity index (χ0n) is 21.1. The van der Waals surface area contributed by atoms with Crippen molar-refractivity contribution in [1.82, 2.24) is 9.13 Å². The van der Waals surface area contributed by atoms with Gasteiger partial charge in [0.2, 0.25) is 0 Å². The van der Waals surface area contributed by atoms with Crippen molar-refractivity contribution < 1.29 is 9.84 Å². The molecule has 8 nitrogen and oxygen atoms in total. The molecule has 36 heavy (non-hydrogen) atoms. The number of benzene rings is 2. The number of aliphatic hydroxyl groups is 1. The number of amidine groups is 1. The Morgan fingerprint density at radius 3 is 2.50 bits per heavy atom. The molecule has 0 aliphatic heterocycles. The minimum atomic E-state index is -0.479. The van der Waals surface area contributed by atoms with Crippen LogP contribution in [-0.2, 0) is 19.6 Å². The highest BCUT2D eigenvalue weighted by Gasteiger charge is 2.23. The molecule has 0 bridgehead atoms. The highest BCUT2D eigenvalue weighted by atomic mass is 35.5. The number of hydrogen-bond acceptors (Lipinski definition) is 5. The minimum absolute atomic E-state index is 0.104. The molecule has 0 spiro atoms. The zero-order valence-corrected chi connectivity index (χ0v) is 21.9. The van der Waals surface area contributed by atoms with Crippen LogP contribution in [0.2, 0.25) is 5.02 Å². The smallest absolute Gasteiger partial charge is 0.331 e. The predicted molar refractivity (Wildman–Crippen MR) is 144 cm³/mol. The number of aliphatic hydroxyl groups excluding tert-OH is 1. The molecule has 1 aromatic heterocycles. The second kappa shape index (κ2) is 12.6. The first-order valence-electron chi connectivity index (χ1n) is 12.0. The first kappa shape index (κ1) is 27.2. The van der Waals surface area contributed by atoms with Crippen LogP contribution in [0.15, 0.2) is 69.3 Å². The van der Waals surface area contributed by atoms with Gasteiger partial charge in [-0.1, -0.05) is 49.7 Å². The lowest BCUT2D eigenvalue weighted by molar-refractivity contribution is 0.277. The van der Waals surface area contributed by atoms with Crippen LogP contribution < -0.4 is 20.9 Å². The number of aryl methyl sites for hydroxylation is 1. The van der Waals surface area contributed by atoms with E-state index in [4.69, 9.17) is 16.3 Å². The summed E-state index contributed by atoms with van der Waals surface area (Å²) in [5, 5.41) is 9.90. The maximum atomic E-state index is 13.6. The van der Waals surface area contributed by atoms with Crippen LogP contribution in [0.5, 0.6) is 5.75 Å². The van der Waals surface area contributed by atoms with Crippen LogP contribution in [0, 0.1) is 0 Å². The first-order chi connectivity index (χ1) is 17.3. The van der Waals surface area contributed by atoms with E-state index in [0.29, 0.717) is 23.2 Å². The van der Waals surface area contributed by atoms with Gasteiger partial charge in [-0.2, -0.15) is 0 Å². The van der Waals surface area contributed by atoms with Gasteiger partial charge in [-0.15, -0.1) is 0 Å². The molecule has 1 heterocycles. The summed E-state index contributed by atoms with van der Waals surface area (Å²) in [6.45, 7) is 6.63. The van der Waals surface area contributed by atoms with Crippen molar-refractivity contribution in [3.63, 3.8) is 0 Å². The van der Waals surface area contributed by atoms with Crippen molar-refractivity contribution in [1.29, 1.82) is 0 Å². The summed E-state index contributed by atoms with van der Waals surface area (Å²) in [5.41, 5.74) is 1.32. The summed E-state index contributed by atoms with van der Waals surface area (Å²) < 4.78 is 8.84. The van der Waals surface area contributed by atoms with Gasteiger partial charge in [0.25, 0.3) is 11.6 Å². The average Bonchev–Trinajstić information content (AvgIpc) is 2.88. The summed E-state index contributed by atoms with van der Waals surface area (Å²) in [6, 6.07) is 15.2. The summed E-state index contributed by atoms with van der Waals surface area (Å²) in [7, 11) is 1.59. The molecule has 0 unspecified atom stereocenters. The molecular weight excluding hydrogens is 480 g/mol. The molecule has 0 aliphatic rings. The van der Waals surface area contributed by atoms with Crippen molar-refractivity contribution in [2.45, 2.75) is 52.7 Å². The highest BCUT2D eigenvalue weighted by Crippen LogP contribution is 2.22. The molecular formula is C27H33ClN4O4. The number of aromatic nitrogens is 2. The molecule has 2 aromatic carbocycles. The lowest BCUT2D eigenvalue weighted by Gasteiger charge is -2.26. The Bertz CT molecular complexity index is 1310. The molecule has 0 radical (unpaired) electrons. The SMILES string of the molecule is CCn1cc(N(Cc2ccc(Cl)cc2)C(=NC)Oc2cccc(C(C)C)c2)c(=O)n(CCCO)c1=O. The Balaban J connectivity index is 2.14. The van der Waals surface area contributed by atoms with Gasteiger partial charge in [0.05, 0.1) is 6.54 Å². The van der Waals surface area contributed by atoms with Gasteiger partial charge in [0.1, 0.15) is 11.4 Å². The highest BCUT2D eigenvalue weighted by molar-refractivity contribution is 6.30. The van der Waals surface area contributed by atoms with Crippen molar-refractivity contribution in [2.24, 2.45) is 4.99 Å². The van der Waals surface area contributed by atoms with E-state index in [2.05, 4.69) is 18.8 Å². The molecule has 1 N–H and O–H groups in total. The quantitative estimate of drug-likeness (QED) is 0.342. The molecule has 0 fully saturated rings. The number of hydrogen-bond donors (Lipinski definition) is 1. The van der Waals surface area contributed by atoms with E-state index in [1.165, 1.54) is 10.8 Å². The van der Waals surface area contributed by atoms with Gasteiger partial charge in [0.15, 0.2) is 0 Å². The largest absolute Gasteiger partial charge is 0.426 e. The Hall–Kier alpha value is -3.36. The van der Waals surface area contributed by atoms with Crippen LogP contribution in [0.25, 0.3) is 0 Å². The standard InChI is InChI=1S/C27H33ClN4O4/c1-5-30-18-24(25(34)31(27(30)35)14-7-15-33)32(17-20-10-12-22(28)13-11-20)26(29-4)36-23-9-6-8-21(16-23)19(2)3/h6,8-13,16,18-19,33H,5,7,14-15,17H2,1-4H3. The fourth-order valence-electron chi connectivity index (χ4n) is 3.77. The van der Waals surface area contributed by atoms with Crippen LogP contribution >= 0.6 is 11.6 Å². The molecule has 0 aliphatic carbocycles. The summed E-state index contributed by atoms with van der Waals surface area (Å²) in [4.78, 5) is 32.5. The minimum Gasteiger partial charge on any atom is -0.426 e. The lowest BCUT2D eigenvalue weighted by atomic mass is 10.0. The fourth-order valence-corrected chi connectivity index (χ4v) is 3.89. The van der Waals surface area contributed by atoms with E-state index in [1.54, 1.807) is 24.1 Å². The van der Waals surface area contributed by atoms with Crippen LogP contribution in [0.1, 0.15) is 44.2 Å². The maximum absolute atomic E-state index is 13.6. The third kappa shape index (κ3) is 6.44. The zero-order chi connectivity index (χ0) is 26.2. The molecule has 0 amide bonds. The Labute approximate surface area is 216 Å². The van der Waals surface area contributed by atoms with Crippen LogP contribution in [0.4, 0.5) is 5.69 Å². The second-order valence-corrected chi connectivity index (χ2v) is 9.10. The molecule has 9 heteroatoms. The van der Waals surface area contributed by atoms with Crippen LogP contribution in [-0.4, -0.2) is 33.9 Å². The van der Waals surface area contributed by atoms with E-state index < -0.39 is 11.2 Å². The number of rotatable bonds is 9. The first-order valence-corrected chi connectivity index (χ1v) is 12.4. The van der Waals surface area contributed by atoms with Crippen molar-refractivity contribution in [3.05, 3.63) is 91.7 Å². The molecule has 192 valence electrons. The third-order valence-corrected chi connectivity index (χ3v) is 6.05. The number of halogens is 1. The van der Waals surface area contributed by atoms with E-state index in [0.717, 1.165) is 15.7 Å². The van der Waals surface area contributed by atoms with E-state index in [-0.39, 0.29) is 37.8 Å². The Morgan fingerprint density at radius 2 is 1.89 bits per heavy atom. The molecule has 3 aromatic rings. The molecule has 0 saturated carbocycles. The summed E-state index contributed by atoms with van der Waals surface area (Å²) in [6.07, 6.45) is 1.82. The van der Waals surface area contributed by atoms with E-state index in [1.807, 2.05) is 43.3 Å². The number of ether oxygens (including phenoxy) is 1. The molecule has 3 rings (SSSR count). The van der Waals surface area contributed by atoms with Gasteiger partial charge < -0.3 is 9.84 Å². The Morgan fingerprint density at radius 1 is 1.17 bits per heavy atom. The molecule has 0 atom stereocenters. The number of aliphatic imine (C=N–C) groups is 1. The molecule has 0 saturated heterocycles. The summed E-state index contributed by atoms with van der Waals surface area (Å²) in [5.74, 6) is 0.903. The van der Waals surface area contributed by atoms with Gasteiger partial charge in [-0.05, 0) is 54.7 Å². The number of nitrogens with zero attached hydrogens (tertiary/aromatic N) is 4. The predicted octanol–water partition coefficient (Wildman–Crippen LogP) is 4.26. The average molecular weight is 513 g/mol. The topological polar surface area (TPSA) is 89.1 Å². The Kier molecular flexibility index (Phi) is 9.50. The van der Waals surface area contributed by atoms with Crippen molar-refractivity contribution >= 4 is 23.3 Å². The summed E-state index contributed by atoms with van der Waals surface area (Å²) >= 11 is 6.08. The lowest BCUT2D eigenvalue weighted by Crippen LogP contribution is -2.45. The third-order valence-electron chi connectivity index (χ3n) is 5.80. The fraction of sp³-hybridized carbons (Fsp3) is 0.370. The second-order valence-electron chi connectivity index (χ2n) is 8.66. The van der Waals surface area contributed by atoms with E-state index >= 15 is 0 Å². The normalized spacial score (nSPS) is 11.7. The van der Waals surface area contributed by atoms with Gasteiger partial charge in [-0.3, -0.25) is 18.8 Å². The van der Waals surface area contributed by atoms with E-state index in [9.17, 15) is 14.7 Å². The van der Waals surface area contributed by atoms with Crippen molar-refractivity contribution in [2.75, 3.05) is 18.6 Å². The van der Waals surface area contributed by atoms with Crippen LogP contribution in [0.3, 0.4) is 0 Å². The maximum Gasteiger partial charge on any atom is 0.331 e. The monoisotopic (exact) mass is 512 g/mol. The number of anilines is 1. The van der Waals surface area contributed by atoms with Crippen molar-refractivity contribution in [3.8, 4) is 5.75 Å². The van der Waals surface area contributed by atoms with Gasteiger partial charge >= 0.3 is 5.69 Å². The van der Waals surface area contributed by atoms with Gasteiger partial charge in [-0.25, -0.2) is 9.79 Å².